The lowest BCUT2D eigenvalue weighted by molar-refractivity contribution is -0.783. The molecule has 9 heteroatoms. The lowest BCUT2D eigenvalue weighted by Gasteiger charge is -2.06. The second-order valence-electron chi connectivity index (χ2n) is 7.48. The second kappa shape index (κ2) is 7.73. The Morgan fingerprint density at radius 2 is 2.00 bits per heavy atom. The van der Waals surface area contributed by atoms with Gasteiger partial charge in [0.2, 0.25) is 0 Å². The molecule has 2 heterocycles. The third kappa shape index (κ3) is 3.65. The molecule has 156 valence electrons. The summed E-state index contributed by atoms with van der Waals surface area (Å²) in [5.74, 6) is -1.25. The Balaban J connectivity index is 1.52. The zero-order chi connectivity index (χ0) is 21.5. The van der Waals surface area contributed by atoms with Gasteiger partial charge in [-0.05, 0) is 65.0 Å². The number of fused-ring (bicyclic) bond motifs is 3. The summed E-state index contributed by atoms with van der Waals surface area (Å²) >= 11 is 1.28. The first-order chi connectivity index (χ1) is 15.0. The monoisotopic (exact) mass is 438 g/mol. The number of aryl methyl sites for hydroxylation is 3. The summed E-state index contributed by atoms with van der Waals surface area (Å²) in [6.07, 6.45) is 2.21. The Morgan fingerprint density at radius 1 is 1.19 bits per heavy atom. The summed E-state index contributed by atoms with van der Waals surface area (Å²) in [6, 6.07) is 9.67. The summed E-state index contributed by atoms with van der Waals surface area (Å²) in [6.45, 7) is 0. The van der Waals surface area contributed by atoms with E-state index in [4.69, 9.17) is 0 Å². The number of rotatable bonds is 4. The minimum Gasteiger partial charge on any atom is -0.291 e. The fraction of sp³-hybridized carbons (Fsp3) is 0.227. The highest BCUT2D eigenvalue weighted by molar-refractivity contribution is 7.17. The Bertz CT molecular complexity index is 1290. The van der Waals surface area contributed by atoms with E-state index in [9.17, 15) is 13.6 Å². The molecule has 0 bridgehead atoms. The minimum absolute atomic E-state index is 0.224. The SMILES string of the molecule is C[n+]1nc(-c2ccc3c(c2)-c2sc(C(=O)Cc4c(F)cccc4F)nc2CCC3)n[nH]1. The normalized spacial score (nSPS) is 12.9. The fourth-order valence-corrected chi connectivity index (χ4v) is 4.91. The molecule has 0 radical (unpaired) electrons. The van der Waals surface area contributed by atoms with Crippen LogP contribution in [0.15, 0.2) is 36.4 Å². The Morgan fingerprint density at radius 3 is 2.74 bits per heavy atom. The van der Waals surface area contributed by atoms with Crippen molar-refractivity contribution >= 4 is 17.1 Å². The van der Waals surface area contributed by atoms with Crippen LogP contribution in [0.1, 0.15) is 33.0 Å². The molecule has 1 aliphatic rings. The maximum absolute atomic E-state index is 14.0. The molecule has 2 aromatic heterocycles. The standard InChI is InChI=1S/C22H17F2N5OS/c1-29-27-21(26-28-29)13-9-8-12-4-2-7-18-20(14(12)10-13)31-22(25-18)19(30)11-15-16(23)5-3-6-17(15)24/h3,5-6,8-10H,2,4,7,11H2,1H3/p+1. The van der Waals surface area contributed by atoms with E-state index in [0.29, 0.717) is 5.82 Å². The average Bonchev–Trinajstić information content (AvgIpc) is 3.34. The van der Waals surface area contributed by atoms with Crippen LogP contribution in [-0.2, 0) is 26.3 Å². The van der Waals surface area contributed by atoms with Crippen molar-refractivity contribution in [1.82, 2.24) is 20.4 Å². The van der Waals surface area contributed by atoms with Gasteiger partial charge in [0.1, 0.15) is 18.7 Å². The second-order valence-corrected chi connectivity index (χ2v) is 8.48. The number of thiazole rings is 1. The quantitative estimate of drug-likeness (QED) is 0.390. The number of ketones is 1. The molecule has 6 nitrogen and oxygen atoms in total. The Labute approximate surface area is 180 Å². The number of carbonyl (C=O) groups is 1. The highest BCUT2D eigenvalue weighted by atomic mass is 32.1. The van der Waals surface area contributed by atoms with Gasteiger partial charge in [0.15, 0.2) is 10.8 Å². The molecule has 0 amide bonds. The van der Waals surface area contributed by atoms with E-state index in [2.05, 4.69) is 26.5 Å². The maximum Gasteiger partial charge on any atom is 0.338 e. The van der Waals surface area contributed by atoms with Crippen LogP contribution in [0, 0.1) is 11.6 Å². The molecule has 1 N–H and O–H groups in total. The van der Waals surface area contributed by atoms with E-state index in [1.807, 2.05) is 12.1 Å². The highest BCUT2D eigenvalue weighted by Gasteiger charge is 2.25. The van der Waals surface area contributed by atoms with Crippen molar-refractivity contribution in [2.45, 2.75) is 25.7 Å². The number of hydrogen-bond acceptors (Lipinski definition) is 5. The molecular weight excluding hydrogens is 420 g/mol. The lowest BCUT2D eigenvalue weighted by atomic mass is 10.0. The molecule has 4 aromatic rings. The van der Waals surface area contributed by atoms with Gasteiger partial charge in [-0.3, -0.25) is 4.79 Å². The van der Waals surface area contributed by atoms with Crippen molar-refractivity contribution in [3.63, 3.8) is 0 Å². The molecule has 0 atom stereocenters. The number of aromatic nitrogens is 5. The van der Waals surface area contributed by atoms with Gasteiger partial charge in [-0.25, -0.2) is 13.8 Å². The van der Waals surface area contributed by atoms with Crippen molar-refractivity contribution in [1.29, 1.82) is 0 Å². The number of Topliss-reactive ketones (excluding diaryl/α,β-unsaturated/α-hetero) is 1. The van der Waals surface area contributed by atoms with Gasteiger partial charge in [-0.1, -0.05) is 16.9 Å². The molecule has 0 unspecified atom stereocenters. The first-order valence-electron chi connectivity index (χ1n) is 9.88. The van der Waals surface area contributed by atoms with Gasteiger partial charge in [0.25, 0.3) is 0 Å². The van der Waals surface area contributed by atoms with Gasteiger partial charge in [0, 0.05) is 12.0 Å². The number of tetrazole rings is 1. The topological polar surface area (TPSA) is 75.4 Å². The Kier molecular flexibility index (Phi) is 4.90. The molecule has 0 fully saturated rings. The van der Waals surface area contributed by atoms with Crippen LogP contribution in [0.3, 0.4) is 0 Å². The van der Waals surface area contributed by atoms with Crippen molar-refractivity contribution in [2.24, 2.45) is 7.05 Å². The van der Waals surface area contributed by atoms with E-state index >= 15 is 0 Å². The van der Waals surface area contributed by atoms with E-state index in [0.717, 1.165) is 53.1 Å². The summed E-state index contributed by atoms with van der Waals surface area (Å²) in [4.78, 5) is 19.8. The summed E-state index contributed by atoms with van der Waals surface area (Å²) in [5.41, 5.74) is 3.66. The van der Waals surface area contributed by atoms with Gasteiger partial charge < -0.3 is 0 Å². The summed E-state index contributed by atoms with van der Waals surface area (Å²) in [7, 11) is 1.76. The predicted molar refractivity (Wildman–Crippen MR) is 111 cm³/mol. The number of halogens is 2. The molecular formula is C22H18F2N5OS+. The average molecular weight is 438 g/mol. The van der Waals surface area contributed by atoms with Crippen molar-refractivity contribution in [3.8, 4) is 21.8 Å². The molecule has 0 saturated heterocycles. The van der Waals surface area contributed by atoms with Crippen LogP contribution < -0.4 is 4.80 Å². The smallest absolute Gasteiger partial charge is 0.291 e. The number of benzene rings is 2. The van der Waals surface area contributed by atoms with Crippen molar-refractivity contribution < 1.29 is 18.4 Å². The van der Waals surface area contributed by atoms with Crippen LogP contribution >= 0.6 is 11.3 Å². The number of nitrogens with one attached hydrogen (secondary N) is 1. The predicted octanol–water partition coefficient (Wildman–Crippen LogP) is 3.61. The first-order valence-corrected chi connectivity index (χ1v) is 10.7. The van der Waals surface area contributed by atoms with Crippen LogP contribution in [0.2, 0.25) is 0 Å². The maximum atomic E-state index is 14.0. The fourth-order valence-electron chi connectivity index (χ4n) is 3.81. The molecule has 0 saturated carbocycles. The number of nitrogens with zero attached hydrogens (tertiary/aromatic N) is 4. The van der Waals surface area contributed by atoms with E-state index in [1.54, 1.807) is 7.05 Å². The van der Waals surface area contributed by atoms with E-state index in [-0.39, 0.29) is 22.8 Å². The summed E-state index contributed by atoms with van der Waals surface area (Å²) < 4.78 is 28.0. The van der Waals surface area contributed by atoms with Gasteiger partial charge in [-0.15, -0.1) is 11.3 Å². The highest BCUT2D eigenvalue weighted by Crippen LogP contribution is 2.39. The number of H-pyrrole nitrogens is 1. The van der Waals surface area contributed by atoms with Crippen LogP contribution in [-0.4, -0.2) is 26.2 Å². The molecule has 2 aromatic carbocycles. The van der Waals surface area contributed by atoms with Crippen molar-refractivity contribution in [3.05, 3.63) is 69.9 Å². The van der Waals surface area contributed by atoms with Gasteiger partial charge >= 0.3 is 5.82 Å². The summed E-state index contributed by atoms with van der Waals surface area (Å²) in [5, 5.41) is 11.6. The number of carbonyl (C=O) groups excluding carboxylic acids is 1. The molecule has 1 aliphatic carbocycles. The Hall–Kier alpha value is -3.33. The number of aromatic amines is 1. The van der Waals surface area contributed by atoms with Crippen molar-refractivity contribution in [2.75, 3.05) is 0 Å². The van der Waals surface area contributed by atoms with E-state index in [1.165, 1.54) is 27.8 Å². The van der Waals surface area contributed by atoms with Crippen LogP contribution in [0.25, 0.3) is 21.8 Å². The zero-order valence-corrected chi connectivity index (χ0v) is 17.5. The van der Waals surface area contributed by atoms with Crippen LogP contribution in [0.5, 0.6) is 0 Å². The minimum atomic E-state index is -0.721. The van der Waals surface area contributed by atoms with E-state index < -0.39 is 11.6 Å². The third-order valence-electron chi connectivity index (χ3n) is 5.35. The van der Waals surface area contributed by atoms with Crippen LogP contribution in [0.4, 0.5) is 8.78 Å². The molecule has 5 rings (SSSR count). The largest absolute Gasteiger partial charge is 0.338 e. The van der Waals surface area contributed by atoms with Gasteiger partial charge in [0.05, 0.1) is 21.2 Å². The molecule has 0 spiro atoms. The first kappa shape index (κ1) is 19.6. The lowest BCUT2D eigenvalue weighted by Crippen LogP contribution is -2.33. The molecule has 31 heavy (non-hydrogen) atoms. The zero-order valence-electron chi connectivity index (χ0n) is 16.7. The molecule has 0 aliphatic heterocycles. The number of hydrogen-bond donors (Lipinski definition) is 1. The third-order valence-corrected chi connectivity index (χ3v) is 6.52. The van der Waals surface area contributed by atoms with Gasteiger partial charge in [-0.2, -0.15) is 0 Å².